The second-order valence-electron chi connectivity index (χ2n) is 3.26. The maximum Gasteiger partial charge on any atom is 0.207 e. The molecule has 0 amide bonds. The van der Waals surface area contributed by atoms with Gasteiger partial charge in [0.2, 0.25) is 5.88 Å². The molecule has 4 heteroatoms. The van der Waals surface area contributed by atoms with Gasteiger partial charge >= 0.3 is 0 Å². The SMILES string of the molecule is CN1C(O)=CN(O)C1c1ccccc1. The normalized spacial score (nSPS) is 21.3. The Bertz CT molecular complexity index is 350. The van der Waals surface area contributed by atoms with Gasteiger partial charge in [-0.3, -0.25) is 5.21 Å². The van der Waals surface area contributed by atoms with Crippen LogP contribution < -0.4 is 0 Å². The number of hydrogen-bond donors (Lipinski definition) is 2. The van der Waals surface area contributed by atoms with Crippen LogP contribution in [0.2, 0.25) is 0 Å². The summed E-state index contributed by atoms with van der Waals surface area (Å²) in [7, 11) is 1.72. The molecule has 1 atom stereocenters. The van der Waals surface area contributed by atoms with Gasteiger partial charge in [-0.1, -0.05) is 30.3 Å². The topological polar surface area (TPSA) is 46.9 Å². The highest BCUT2D eigenvalue weighted by molar-refractivity contribution is 5.21. The third-order valence-electron chi connectivity index (χ3n) is 2.32. The van der Waals surface area contributed by atoms with Gasteiger partial charge in [-0.25, -0.2) is 5.06 Å². The molecule has 0 radical (unpaired) electrons. The van der Waals surface area contributed by atoms with E-state index in [4.69, 9.17) is 0 Å². The van der Waals surface area contributed by atoms with E-state index in [-0.39, 0.29) is 12.0 Å². The molecule has 1 heterocycles. The van der Waals surface area contributed by atoms with Gasteiger partial charge in [0.1, 0.15) is 0 Å². The zero-order valence-corrected chi connectivity index (χ0v) is 7.83. The van der Waals surface area contributed by atoms with Crippen molar-refractivity contribution >= 4 is 0 Å². The van der Waals surface area contributed by atoms with Crippen LogP contribution >= 0.6 is 0 Å². The molecule has 2 rings (SSSR count). The molecular formula is C10H12N2O2. The van der Waals surface area contributed by atoms with Crippen LogP contribution in [0.1, 0.15) is 11.7 Å². The minimum Gasteiger partial charge on any atom is -0.494 e. The van der Waals surface area contributed by atoms with Crippen LogP contribution in [0.4, 0.5) is 0 Å². The molecule has 2 N–H and O–H groups in total. The number of nitrogens with zero attached hydrogens (tertiary/aromatic N) is 2. The molecule has 0 spiro atoms. The lowest BCUT2D eigenvalue weighted by Gasteiger charge is -2.26. The number of rotatable bonds is 1. The van der Waals surface area contributed by atoms with Crippen molar-refractivity contribution in [2.45, 2.75) is 6.17 Å². The molecule has 1 aromatic carbocycles. The summed E-state index contributed by atoms with van der Waals surface area (Å²) in [6, 6.07) is 9.50. The van der Waals surface area contributed by atoms with Gasteiger partial charge in [0.15, 0.2) is 6.17 Å². The average molecular weight is 192 g/mol. The molecule has 0 saturated heterocycles. The second kappa shape index (κ2) is 3.23. The summed E-state index contributed by atoms with van der Waals surface area (Å²) in [5.41, 5.74) is 0.929. The van der Waals surface area contributed by atoms with E-state index in [1.807, 2.05) is 30.3 Å². The Hall–Kier alpha value is -1.68. The fourth-order valence-electron chi connectivity index (χ4n) is 1.58. The van der Waals surface area contributed by atoms with Crippen molar-refractivity contribution in [3.8, 4) is 0 Å². The maximum absolute atomic E-state index is 9.54. The molecule has 0 bridgehead atoms. The Morgan fingerprint density at radius 3 is 2.36 bits per heavy atom. The summed E-state index contributed by atoms with van der Waals surface area (Å²) in [5.74, 6) is 0.0568. The van der Waals surface area contributed by atoms with Crippen molar-refractivity contribution in [3.63, 3.8) is 0 Å². The smallest absolute Gasteiger partial charge is 0.207 e. The summed E-state index contributed by atoms with van der Waals surface area (Å²) in [5, 5.41) is 19.9. The van der Waals surface area contributed by atoms with Gasteiger partial charge < -0.3 is 10.0 Å². The van der Waals surface area contributed by atoms with Gasteiger partial charge in [-0.2, -0.15) is 0 Å². The quantitative estimate of drug-likeness (QED) is 0.710. The molecule has 1 aliphatic rings. The van der Waals surface area contributed by atoms with Crippen LogP contribution in [-0.2, 0) is 0 Å². The Morgan fingerprint density at radius 2 is 1.86 bits per heavy atom. The van der Waals surface area contributed by atoms with Crippen molar-refractivity contribution in [2.75, 3.05) is 7.05 Å². The number of aliphatic hydroxyl groups excluding tert-OH is 1. The summed E-state index contributed by atoms with van der Waals surface area (Å²) < 4.78 is 0. The predicted octanol–water partition coefficient (Wildman–Crippen LogP) is 1.68. The largest absolute Gasteiger partial charge is 0.494 e. The van der Waals surface area contributed by atoms with Crippen LogP contribution in [0, 0.1) is 0 Å². The standard InChI is InChI=1S/C10H12N2O2/c1-11-9(13)7-12(14)10(11)8-5-3-2-4-6-8/h2-7,10,13-14H,1H3. The molecule has 1 aromatic rings. The molecule has 0 aliphatic carbocycles. The molecule has 1 unspecified atom stereocenters. The van der Waals surface area contributed by atoms with Crippen molar-refractivity contribution in [1.29, 1.82) is 0 Å². The van der Waals surface area contributed by atoms with E-state index >= 15 is 0 Å². The molecule has 14 heavy (non-hydrogen) atoms. The summed E-state index contributed by atoms with van der Waals surface area (Å²) >= 11 is 0. The first-order chi connectivity index (χ1) is 6.70. The van der Waals surface area contributed by atoms with Gasteiger partial charge in [-0.05, 0) is 5.56 Å². The fourth-order valence-corrected chi connectivity index (χ4v) is 1.58. The molecule has 0 fully saturated rings. The molecular weight excluding hydrogens is 180 g/mol. The summed E-state index contributed by atoms with van der Waals surface area (Å²) in [6.07, 6.45) is 0.952. The van der Waals surface area contributed by atoms with Crippen LogP contribution in [0.15, 0.2) is 42.4 Å². The number of benzene rings is 1. The van der Waals surface area contributed by atoms with E-state index in [2.05, 4.69) is 0 Å². The molecule has 1 aliphatic heterocycles. The van der Waals surface area contributed by atoms with Crippen LogP contribution in [0.25, 0.3) is 0 Å². The molecule has 0 saturated carbocycles. The maximum atomic E-state index is 9.54. The highest BCUT2D eigenvalue weighted by Gasteiger charge is 2.29. The van der Waals surface area contributed by atoms with E-state index in [1.165, 1.54) is 6.20 Å². The summed E-state index contributed by atoms with van der Waals surface area (Å²) in [4.78, 5) is 1.59. The van der Waals surface area contributed by atoms with Crippen LogP contribution in [0.3, 0.4) is 0 Å². The van der Waals surface area contributed by atoms with Crippen molar-refractivity contribution in [3.05, 3.63) is 48.0 Å². The number of hydrogen-bond acceptors (Lipinski definition) is 4. The number of hydroxylamine groups is 2. The average Bonchev–Trinajstić information content (AvgIpc) is 2.43. The van der Waals surface area contributed by atoms with Gasteiger partial charge in [0, 0.05) is 7.05 Å². The van der Waals surface area contributed by atoms with Gasteiger partial charge in [0.25, 0.3) is 0 Å². The van der Waals surface area contributed by atoms with Gasteiger partial charge in [-0.15, -0.1) is 0 Å². The van der Waals surface area contributed by atoms with E-state index in [9.17, 15) is 10.3 Å². The van der Waals surface area contributed by atoms with Crippen LogP contribution in [0.5, 0.6) is 0 Å². The Kier molecular flexibility index (Phi) is 2.05. The van der Waals surface area contributed by atoms with E-state index in [1.54, 1.807) is 11.9 Å². The monoisotopic (exact) mass is 192 g/mol. The zero-order valence-electron chi connectivity index (χ0n) is 7.83. The predicted molar refractivity (Wildman–Crippen MR) is 51.3 cm³/mol. The first-order valence-electron chi connectivity index (χ1n) is 4.36. The lowest BCUT2D eigenvalue weighted by molar-refractivity contribution is -0.104. The van der Waals surface area contributed by atoms with Crippen molar-refractivity contribution < 1.29 is 10.3 Å². The highest BCUT2D eigenvalue weighted by Crippen LogP contribution is 2.30. The lowest BCUT2D eigenvalue weighted by Crippen LogP contribution is -2.27. The van der Waals surface area contributed by atoms with Crippen LogP contribution in [-0.4, -0.2) is 27.3 Å². The first kappa shape index (κ1) is 8.90. The van der Waals surface area contributed by atoms with Crippen molar-refractivity contribution in [1.82, 2.24) is 9.96 Å². The third-order valence-corrected chi connectivity index (χ3v) is 2.32. The van der Waals surface area contributed by atoms with Crippen molar-refractivity contribution in [2.24, 2.45) is 0 Å². The minimum absolute atomic E-state index is 0.0568. The first-order valence-corrected chi connectivity index (χ1v) is 4.36. The third kappa shape index (κ3) is 1.29. The van der Waals surface area contributed by atoms with E-state index in [0.29, 0.717) is 0 Å². The Labute approximate surface area is 82.3 Å². The second-order valence-corrected chi connectivity index (χ2v) is 3.26. The van der Waals surface area contributed by atoms with E-state index < -0.39 is 0 Å². The highest BCUT2D eigenvalue weighted by atomic mass is 16.5. The van der Waals surface area contributed by atoms with E-state index in [0.717, 1.165) is 10.6 Å². The Morgan fingerprint density at radius 1 is 1.21 bits per heavy atom. The molecule has 4 nitrogen and oxygen atoms in total. The zero-order chi connectivity index (χ0) is 10.1. The number of aliphatic hydroxyl groups is 1. The van der Waals surface area contributed by atoms with Gasteiger partial charge in [0.05, 0.1) is 6.20 Å². The Balaban J connectivity index is 2.30. The molecule has 0 aromatic heterocycles. The fraction of sp³-hybridized carbons (Fsp3) is 0.200. The minimum atomic E-state index is -0.337. The molecule has 74 valence electrons. The lowest BCUT2D eigenvalue weighted by atomic mass is 10.1. The summed E-state index contributed by atoms with van der Waals surface area (Å²) in [6.45, 7) is 0.